The highest BCUT2D eigenvalue weighted by molar-refractivity contribution is 5.79. The minimum absolute atomic E-state index is 0.0189. The van der Waals surface area contributed by atoms with Crippen molar-refractivity contribution in [2.24, 2.45) is 11.5 Å². The molecular formula is C8H16N4O. The third-order valence-electron chi connectivity index (χ3n) is 3.36. The van der Waals surface area contributed by atoms with Crippen LogP contribution in [0.3, 0.4) is 0 Å². The Morgan fingerprint density at radius 2 is 2.38 bits per heavy atom. The van der Waals surface area contributed by atoms with E-state index in [2.05, 4.69) is 4.90 Å². The first-order valence-corrected chi connectivity index (χ1v) is 4.59. The van der Waals surface area contributed by atoms with Gasteiger partial charge in [-0.25, -0.2) is 0 Å². The van der Waals surface area contributed by atoms with Gasteiger partial charge in [-0.2, -0.15) is 0 Å². The molecule has 0 radical (unpaired) electrons. The first kappa shape index (κ1) is 8.93. The monoisotopic (exact) mass is 184 g/mol. The number of hydrogen-bond acceptors (Lipinski definition) is 4. The van der Waals surface area contributed by atoms with Crippen LogP contribution in [-0.2, 0) is 4.79 Å². The van der Waals surface area contributed by atoms with E-state index in [0.717, 1.165) is 19.5 Å². The zero-order valence-electron chi connectivity index (χ0n) is 7.86. The van der Waals surface area contributed by atoms with Gasteiger partial charge < -0.3 is 16.4 Å². The summed E-state index contributed by atoms with van der Waals surface area (Å²) in [6, 6.07) is 0.188. The number of hydrogen-bond donors (Lipinski definition) is 2. The highest BCUT2D eigenvalue weighted by Gasteiger charge is 2.56. The van der Waals surface area contributed by atoms with Crippen molar-refractivity contribution in [2.45, 2.75) is 18.1 Å². The second kappa shape index (κ2) is 2.67. The maximum absolute atomic E-state index is 11.4. The van der Waals surface area contributed by atoms with Crippen LogP contribution in [0.4, 0.5) is 0 Å². The van der Waals surface area contributed by atoms with Gasteiger partial charge in [-0.1, -0.05) is 0 Å². The normalized spacial score (nSPS) is 38.7. The summed E-state index contributed by atoms with van der Waals surface area (Å²) >= 11 is 0. The first-order chi connectivity index (χ1) is 6.09. The third kappa shape index (κ3) is 1.01. The molecule has 2 rings (SSSR count). The zero-order chi connectivity index (χ0) is 9.64. The molecule has 2 heterocycles. The van der Waals surface area contributed by atoms with Gasteiger partial charge in [0.05, 0.1) is 18.2 Å². The lowest BCUT2D eigenvalue weighted by Crippen LogP contribution is -2.75. The van der Waals surface area contributed by atoms with E-state index in [4.69, 9.17) is 11.5 Å². The Bertz CT molecular complexity index is 244. The molecular weight excluding hydrogens is 168 g/mol. The third-order valence-corrected chi connectivity index (χ3v) is 3.36. The minimum atomic E-state index is -0.273. The van der Waals surface area contributed by atoms with Crippen molar-refractivity contribution >= 4 is 5.91 Å². The van der Waals surface area contributed by atoms with E-state index < -0.39 is 0 Å². The van der Waals surface area contributed by atoms with Gasteiger partial charge in [-0.15, -0.1) is 0 Å². The highest BCUT2D eigenvalue weighted by atomic mass is 16.2. The average molecular weight is 184 g/mol. The van der Waals surface area contributed by atoms with Crippen molar-refractivity contribution in [2.75, 3.05) is 26.7 Å². The van der Waals surface area contributed by atoms with E-state index in [1.54, 1.807) is 0 Å². The van der Waals surface area contributed by atoms with Crippen LogP contribution >= 0.6 is 0 Å². The molecule has 13 heavy (non-hydrogen) atoms. The fraction of sp³-hybridized carbons (Fsp3) is 0.875. The molecule has 5 nitrogen and oxygen atoms in total. The van der Waals surface area contributed by atoms with E-state index in [1.165, 1.54) is 0 Å². The van der Waals surface area contributed by atoms with Gasteiger partial charge in [0.1, 0.15) is 0 Å². The smallest absolute Gasteiger partial charge is 0.236 e. The summed E-state index contributed by atoms with van der Waals surface area (Å²) in [5, 5.41) is 0. The van der Waals surface area contributed by atoms with Gasteiger partial charge >= 0.3 is 0 Å². The number of carbonyl (C=O) groups is 1. The Morgan fingerprint density at radius 1 is 1.69 bits per heavy atom. The van der Waals surface area contributed by atoms with E-state index in [1.807, 2.05) is 11.9 Å². The van der Waals surface area contributed by atoms with Crippen LogP contribution < -0.4 is 11.5 Å². The summed E-state index contributed by atoms with van der Waals surface area (Å²) in [6.07, 6.45) is 0.861. The predicted molar refractivity (Wildman–Crippen MR) is 48.7 cm³/mol. The molecule has 0 bridgehead atoms. The van der Waals surface area contributed by atoms with E-state index in [-0.39, 0.29) is 24.2 Å². The molecule has 0 unspecified atom stereocenters. The van der Waals surface area contributed by atoms with Gasteiger partial charge in [-0.3, -0.25) is 9.69 Å². The van der Waals surface area contributed by atoms with Crippen LogP contribution in [0.5, 0.6) is 0 Å². The topological polar surface area (TPSA) is 75.6 Å². The minimum Gasteiger partial charge on any atom is -0.334 e. The van der Waals surface area contributed by atoms with Crippen LogP contribution in [0.2, 0.25) is 0 Å². The quantitative estimate of drug-likeness (QED) is 0.501. The zero-order valence-corrected chi connectivity index (χ0v) is 7.86. The lowest BCUT2D eigenvalue weighted by molar-refractivity contribution is -0.136. The molecule has 0 aliphatic carbocycles. The highest BCUT2D eigenvalue weighted by Crippen LogP contribution is 2.37. The molecule has 0 aromatic heterocycles. The maximum atomic E-state index is 11.4. The largest absolute Gasteiger partial charge is 0.334 e. The van der Waals surface area contributed by atoms with Gasteiger partial charge in [0, 0.05) is 13.1 Å². The number of nitrogens with zero attached hydrogens (tertiary/aromatic N) is 2. The fourth-order valence-corrected chi connectivity index (χ4v) is 2.33. The van der Waals surface area contributed by atoms with Gasteiger partial charge in [0.25, 0.3) is 0 Å². The molecule has 2 aliphatic heterocycles. The van der Waals surface area contributed by atoms with Crippen LogP contribution in [0.15, 0.2) is 0 Å². The lowest BCUT2D eigenvalue weighted by atomic mass is 9.90. The molecule has 2 saturated heterocycles. The number of carbonyl (C=O) groups excluding carboxylic acids is 1. The number of fused-ring (bicyclic) bond motifs is 1. The summed E-state index contributed by atoms with van der Waals surface area (Å²) in [7, 11) is 1.99. The van der Waals surface area contributed by atoms with Crippen LogP contribution in [0, 0.1) is 0 Å². The molecule has 2 aliphatic rings. The van der Waals surface area contributed by atoms with Gasteiger partial charge in [0.15, 0.2) is 0 Å². The Balaban J connectivity index is 2.10. The number of likely N-dealkylation sites (N-methyl/N-ethyl adjacent to an activating group) is 1. The van der Waals surface area contributed by atoms with Crippen LogP contribution in [-0.4, -0.2) is 54.1 Å². The average Bonchev–Trinajstić information content (AvgIpc) is 2.40. The SMILES string of the molecule is CN1C[C@H]2N(C(=O)CN)CC[C@]21N. The number of amides is 1. The van der Waals surface area contributed by atoms with Crippen LogP contribution in [0.25, 0.3) is 0 Å². The molecule has 74 valence electrons. The number of rotatable bonds is 1. The fourth-order valence-electron chi connectivity index (χ4n) is 2.33. The maximum Gasteiger partial charge on any atom is 0.236 e. The first-order valence-electron chi connectivity index (χ1n) is 4.59. The standard InChI is InChI=1S/C8H16N4O/c1-11-5-6-8(11,10)2-3-12(6)7(13)4-9/h6H,2-5,9-10H2,1H3/t6-,8-/m1/s1. The molecule has 2 fully saturated rings. The number of nitrogens with two attached hydrogens (primary N) is 2. The van der Waals surface area contributed by atoms with Crippen molar-refractivity contribution in [3.63, 3.8) is 0 Å². The second-order valence-corrected chi connectivity index (χ2v) is 3.93. The molecule has 0 aromatic rings. The Kier molecular flexibility index (Phi) is 1.83. The molecule has 0 aromatic carbocycles. The van der Waals surface area contributed by atoms with Crippen LogP contribution in [0.1, 0.15) is 6.42 Å². The van der Waals surface area contributed by atoms with Crippen molar-refractivity contribution in [3.8, 4) is 0 Å². The Hall–Kier alpha value is -0.650. The molecule has 4 N–H and O–H groups in total. The molecule has 2 atom stereocenters. The van der Waals surface area contributed by atoms with Crippen molar-refractivity contribution in [1.82, 2.24) is 9.80 Å². The van der Waals surface area contributed by atoms with E-state index in [0.29, 0.717) is 0 Å². The van der Waals surface area contributed by atoms with Gasteiger partial charge in [0.2, 0.25) is 5.91 Å². The predicted octanol–water partition coefficient (Wildman–Crippen LogP) is -1.85. The van der Waals surface area contributed by atoms with Gasteiger partial charge in [-0.05, 0) is 13.5 Å². The Morgan fingerprint density at radius 3 is 2.85 bits per heavy atom. The molecule has 0 saturated carbocycles. The van der Waals surface area contributed by atoms with E-state index in [9.17, 15) is 4.79 Å². The summed E-state index contributed by atoms with van der Waals surface area (Å²) in [5.74, 6) is 0.0189. The lowest BCUT2D eigenvalue weighted by Gasteiger charge is -2.52. The van der Waals surface area contributed by atoms with Crippen molar-refractivity contribution < 1.29 is 4.79 Å². The summed E-state index contributed by atoms with van der Waals surface area (Å²) in [6.45, 7) is 1.72. The summed E-state index contributed by atoms with van der Waals surface area (Å²) < 4.78 is 0. The molecule has 0 spiro atoms. The molecule has 5 heteroatoms. The number of likely N-dealkylation sites (tertiary alicyclic amines) is 2. The summed E-state index contributed by atoms with van der Waals surface area (Å²) in [4.78, 5) is 15.3. The molecule has 1 amide bonds. The van der Waals surface area contributed by atoms with E-state index >= 15 is 0 Å². The summed E-state index contributed by atoms with van der Waals surface area (Å²) in [5.41, 5.74) is 11.2. The van der Waals surface area contributed by atoms with Crippen molar-refractivity contribution in [1.29, 1.82) is 0 Å². The second-order valence-electron chi connectivity index (χ2n) is 3.93. The Labute approximate surface area is 77.6 Å². The van der Waals surface area contributed by atoms with Crippen molar-refractivity contribution in [3.05, 3.63) is 0 Å².